The molecule has 0 heterocycles. The molecule has 1 saturated carbocycles. The molecule has 0 spiro atoms. The van der Waals surface area contributed by atoms with Crippen molar-refractivity contribution in [3.05, 3.63) is 28.3 Å². The number of rotatable bonds is 8. The number of non-ortho nitro benzene ring substituents is 1. The molecule has 20 heavy (non-hydrogen) atoms. The van der Waals surface area contributed by atoms with Crippen LogP contribution in [0.4, 0.5) is 11.4 Å². The molecule has 1 aromatic carbocycles. The third-order valence-corrected chi connectivity index (χ3v) is 3.51. The maximum atomic E-state index is 11.0. The van der Waals surface area contributed by atoms with Crippen molar-refractivity contribution in [2.24, 2.45) is 5.92 Å². The Morgan fingerprint density at radius 1 is 1.35 bits per heavy atom. The minimum Gasteiger partial charge on any atom is -0.493 e. The Bertz CT molecular complexity index is 476. The maximum absolute atomic E-state index is 11.0. The van der Waals surface area contributed by atoms with Gasteiger partial charge in [0, 0.05) is 23.9 Å². The first-order valence-corrected chi connectivity index (χ1v) is 7.32. The van der Waals surface area contributed by atoms with Crippen molar-refractivity contribution >= 4 is 11.4 Å². The minimum absolute atomic E-state index is 0.0776. The van der Waals surface area contributed by atoms with Crippen LogP contribution in [0.15, 0.2) is 18.2 Å². The molecule has 1 aliphatic carbocycles. The van der Waals surface area contributed by atoms with Crippen molar-refractivity contribution in [3.8, 4) is 5.75 Å². The van der Waals surface area contributed by atoms with E-state index >= 15 is 0 Å². The van der Waals surface area contributed by atoms with Gasteiger partial charge in [-0.15, -0.1) is 0 Å². The lowest BCUT2D eigenvalue weighted by Gasteiger charge is -2.09. The lowest BCUT2D eigenvalue weighted by molar-refractivity contribution is -0.384. The molecule has 5 nitrogen and oxygen atoms in total. The smallest absolute Gasteiger partial charge is 0.275 e. The van der Waals surface area contributed by atoms with Gasteiger partial charge in [-0.2, -0.15) is 0 Å². The lowest BCUT2D eigenvalue weighted by Crippen LogP contribution is -2.06. The van der Waals surface area contributed by atoms with Gasteiger partial charge >= 0.3 is 0 Å². The third kappa shape index (κ3) is 3.85. The van der Waals surface area contributed by atoms with Gasteiger partial charge in [-0.25, -0.2) is 0 Å². The van der Waals surface area contributed by atoms with Gasteiger partial charge in [0.2, 0.25) is 0 Å². The van der Waals surface area contributed by atoms with E-state index in [0.29, 0.717) is 24.3 Å². The van der Waals surface area contributed by atoms with Crippen molar-refractivity contribution in [2.45, 2.75) is 45.6 Å². The molecule has 0 amide bonds. The first kappa shape index (κ1) is 14.6. The molecule has 2 rings (SSSR count). The molecule has 0 aliphatic heterocycles. The van der Waals surface area contributed by atoms with Gasteiger partial charge in [0.05, 0.1) is 17.6 Å². The number of nitro groups is 1. The quantitative estimate of drug-likeness (QED) is 0.577. The third-order valence-electron chi connectivity index (χ3n) is 3.51. The molecule has 0 bridgehead atoms. The van der Waals surface area contributed by atoms with Crippen molar-refractivity contribution in [1.29, 1.82) is 0 Å². The minimum atomic E-state index is -0.375. The summed E-state index contributed by atoms with van der Waals surface area (Å²) in [4.78, 5) is 10.6. The fourth-order valence-corrected chi connectivity index (χ4v) is 2.40. The zero-order valence-corrected chi connectivity index (χ0v) is 12.1. The Morgan fingerprint density at radius 2 is 2.15 bits per heavy atom. The second kappa shape index (κ2) is 6.59. The van der Waals surface area contributed by atoms with Crippen LogP contribution in [0.5, 0.6) is 5.75 Å². The van der Waals surface area contributed by atoms with Crippen LogP contribution in [0.3, 0.4) is 0 Å². The second-order valence-electron chi connectivity index (χ2n) is 5.36. The Morgan fingerprint density at radius 3 is 2.80 bits per heavy atom. The first-order valence-electron chi connectivity index (χ1n) is 7.32. The highest BCUT2D eigenvalue weighted by Gasteiger charge is 2.36. The first-order chi connectivity index (χ1) is 9.63. The molecule has 0 aromatic heterocycles. The lowest BCUT2D eigenvalue weighted by atomic mass is 10.2. The predicted octanol–water partition coefficient (Wildman–Crippen LogP) is 3.98. The number of benzene rings is 1. The molecule has 5 heteroatoms. The topological polar surface area (TPSA) is 64.4 Å². The normalized spacial score (nSPS) is 20.5. The number of hydrogen-bond acceptors (Lipinski definition) is 4. The van der Waals surface area contributed by atoms with Gasteiger partial charge in [0.15, 0.2) is 0 Å². The monoisotopic (exact) mass is 278 g/mol. The Kier molecular flexibility index (Phi) is 4.82. The number of nitrogens with one attached hydrogen (secondary N) is 1. The van der Waals surface area contributed by atoms with E-state index in [1.807, 2.05) is 13.0 Å². The maximum Gasteiger partial charge on any atom is 0.275 e. The fraction of sp³-hybridized carbons (Fsp3) is 0.600. The van der Waals surface area contributed by atoms with Crippen LogP contribution in [-0.2, 0) is 0 Å². The molecule has 1 aromatic rings. The van der Waals surface area contributed by atoms with Crippen molar-refractivity contribution in [2.75, 3.05) is 11.9 Å². The summed E-state index contributed by atoms with van der Waals surface area (Å²) in [6.07, 6.45) is 4.43. The van der Waals surface area contributed by atoms with E-state index in [-0.39, 0.29) is 10.6 Å². The largest absolute Gasteiger partial charge is 0.493 e. The van der Waals surface area contributed by atoms with E-state index in [4.69, 9.17) is 4.74 Å². The molecule has 2 atom stereocenters. The van der Waals surface area contributed by atoms with E-state index in [1.165, 1.54) is 18.9 Å². The van der Waals surface area contributed by atoms with Gasteiger partial charge in [0.1, 0.15) is 5.75 Å². The fourth-order valence-electron chi connectivity index (χ4n) is 2.40. The highest BCUT2D eigenvalue weighted by atomic mass is 16.6. The van der Waals surface area contributed by atoms with Gasteiger partial charge < -0.3 is 10.1 Å². The molecule has 1 aliphatic rings. The Hall–Kier alpha value is -1.78. The second-order valence-corrected chi connectivity index (χ2v) is 5.36. The standard InChI is InChI=1S/C15H22N2O3/c1-3-5-11-7-15(11)16-12-8-13(17(18)19)10-14(9-12)20-6-4-2/h8-11,15-16H,3-7H2,1-2H3. The zero-order valence-electron chi connectivity index (χ0n) is 12.1. The Labute approximate surface area is 119 Å². The average molecular weight is 278 g/mol. The SMILES string of the molecule is CCCOc1cc(NC2CC2CCC)cc([N+](=O)[O-])c1. The number of anilines is 1. The summed E-state index contributed by atoms with van der Waals surface area (Å²) >= 11 is 0. The van der Waals surface area contributed by atoms with E-state index in [9.17, 15) is 10.1 Å². The summed E-state index contributed by atoms with van der Waals surface area (Å²) in [6, 6.07) is 5.37. The number of nitrogens with zero attached hydrogens (tertiary/aromatic N) is 1. The summed E-state index contributed by atoms with van der Waals surface area (Å²) in [5.41, 5.74) is 0.864. The van der Waals surface area contributed by atoms with Crippen LogP contribution in [0.25, 0.3) is 0 Å². The molecule has 1 N–H and O–H groups in total. The van der Waals surface area contributed by atoms with Crippen LogP contribution in [0, 0.1) is 16.0 Å². The van der Waals surface area contributed by atoms with Crippen LogP contribution in [-0.4, -0.2) is 17.6 Å². The van der Waals surface area contributed by atoms with Crippen LogP contribution >= 0.6 is 0 Å². The summed E-state index contributed by atoms with van der Waals surface area (Å²) < 4.78 is 5.52. The van der Waals surface area contributed by atoms with Crippen LogP contribution in [0.1, 0.15) is 39.5 Å². The highest BCUT2D eigenvalue weighted by molar-refractivity contribution is 5.57. The van der Waals surface area contributed by atoms with Gasteiger partial charge in [-0.1, -0.05) is 20.3 Å². The molecule has 0 saturated heterocycles. The van der Waals surface area contributed by atoms with Gasteiger partial charge in [-0.05, 0) is 25.2 Å². The van der Waals surface area contributed by atoms with E-state index in [2.05, 4.69) is 12.2 Å². The van der Waals surface area contributed by atoms with Crippen LogP contribution < -0.4 is 10.1 Å². The number of hydrogen-bond donors (Lipinski definition) is 1. The van der Waals surface area contributed by atoms with E-state index in [0.717, 1.165) is 18.5 Å². The van der Waals surface area contributed by atoms with Crippen molar-refractivity contribution < 1.29 is 9.66 Å². The summed E-state index contributed by atoms with van der Waals surface area (Å²) in [5.74, 6) is 1.27. The average Bonchev–Trinajstić information content (AvgIpc) is 3.14. The van der Waals surface area contributed by atoms with E-state index < -0.39 is 0 Å². The molecule has 110 valence electrons. The summed E-state index contributed by atoms with van der Waals surface area (Å²) in [6.45, 7) is 4.76. The highest BCUT2D eigenvalue weighted by Crippen LogP contribution is 2.38. The molecular weight excluding hydrogens is 256 g/mol. The predicted molar refractivity (Wildman–Crippen MR) is 79.3 cm³/mol. The summed E-state index contributed by atoms with van der Waals surface area (Å²) in [7, 11) is 0. The zero-order chi connectivity index (χ0) is 14.5. The van der Waals surface area contributed by atoms with Crippen molar-refractivity contribution in [1.82, 2.24) is 0 Å². The Balaban J connectivity index is 2.07. The van der Waals surface area contributed by atoms with Gasteiger partial charge in [-0.3, -0.25) is 10.1 Å². The van der Waals surface area contributed by atoms with E-state index in [1.54, 1.807) is 6.07 Å². The summed E-state index contributed by atoms with van der Waals surface area (Å²) in [5, 5.41) is 14.3. The van der Waals surface area contributed by atoms with Crippen molar-refractivity contribution in [3.63, 3.8) is 0 Å². The molecule has 0 radical (unpaired) electrons. The molecule has 2 unspecified atom stereocenters. The van der Waals surface area contributed by atoms with Gasteiger partial charge in [0.25, 0.3) is 5.69 Å². The van der Waals surface area contributed by atoms with Crippen LogP contribution in [0.2, 0.25) is 0 Å². The molecular formula is C15H22N2O3. The number of ether oxygens (including phenoxy) is 1. The molecule has 1 fully saturated rings. The number of nitro benzene ring substituents is 1.